The predicted octanol–water partition coefficient (Wildman–Crippen LogP) is 9.53. The van der Waals surface area contributed by atoms with Gasteiger partial charge in [0.2, 0.25) is 11.4 Å². The largest absolute Gasteiger partial charge is 0.493 e. The molecular weight excluding hydrogens is 400 g/mol. The van der Waals surface area contributed by atoms with E-state index < -0.39 is 0 Å². The number of unbranched alkanes of at least 4 members (excludes halogenated alkanes) is 4. The molecule has 176 valence electrons. The van der Waals surface area contributed by atoms with Gasteiger partial charge in [0, 0.05) is 22.3 Å². The second-order valence-electron chi connectivity index (χ2n) is 9.38. The van der Waals surface area contributed by atoms with Crippen LogP contribution >= 0.6 is 0 Å². The third-order valence-electron chi connectivity index (χ3n) is 6.85. The normalized spacial score (nSPS) is 14.0. The van der Waals surface area contributed by atoms with Crippen LogP contribution in [0, 0.1) is 0 Å². The highest BCUT2D eigenvalue weighted by Crippen LogP contribution is 2.44. The van der Waals surface area contributed by atoms with Gasteiger partial charge in [-0.1, -0.05) is 77.6 Å². The first-order valence-electron chi connectivity index (χ1n) is 13.3. The lowest BCUT2D eigenvalue weighted by Crippen LogP contribution is -2.03. The van der Waals surface area contributed by atoms with Gasteiger partial charge >= 0.3 is 0 Å². The number of nitrogens with zero attached hydrogens (tertiary/aromatic N) is 2. The van der Waals surface area contributed by atoms with Crippen molar-refractivity contribution in [2.75, 3.05) is 0 Å². The van der Waals surface area contributed by atoms with Crippen LogP contribution in [0.4, 0.5) is 0 Å². The Morgan fingerprint density at radius 2 is 1.00 bits per heavy atom. The number of aryl methyl sites for hydroxylation is 2. The van der Waals surface area contributed by atoms with Gasteiger partial charge in [-0.3, -0.25) is 0 Å². The summed E-state index contributed by atoms with van der Waals surface area (Å²) >= 11 is 0. The van der Waals surface area contributed by atoms with Crippen LogP contribution in [0.1, 0.15) is 108 Å². The summed E-state index contributed by atoms with van der Waals surface area (Å²) in [5.41, 5.74) is 21.2. The van der Waals surface area contributed by atoms with Crippen LogP contribution in [-0.2, 0) is 12.8 Å². The van der Waals surface area contributed by atoms with Crippen molar-refractivity contribution in [2.45, 2.75) is 98.3 Å². The molecule has 0 saturated carbocycles. The molecule has 0 fully saturated rings. The first-order valence-corrected chi connectivity index (χ1v) is 13.3. The van der Waals surface area contributed by atoms with Gasteiger partial charge in [0.15, 0.2) is 0 Å². The Balaban J connectivity index is 2.02. The van der Waals surface area contributed by atoms with Gasteiger partial charge in [-0.15, -0.1) is 0 Å². The zero-order chi connectivity index (χ0) is 23.6. The van der Waals surface area contributed by atoms with E-state index in [2.05, 4.69) is 76.2 Å². The lowest BCUT2D eigenvalue weighted by molar-refractivity contribution is -0.345. The minimum atomic E-state index is 0.985. The maximum absolute atomic E-state index is 11.6. The van der Waals surface area contributed by atoms with E-state index in [0.717, 1.165) is 73.9 Å². The van der Waals surface area contributed by atoms with Crippen LogP contribution in [-0.4, -0.2) is 4.70 Å². The highest BCUT2D eigenvalue weighted by Gasteiger charge is 2.34. The molecule has 0 unspecified atom stereocenters. The zero-order valence-electron chi connectivity index (χ0n) is 21.3. The van der Waals surface area contributed by atoms with E-state index in [1.807, 2.05) is 0 Å². The number of benzene rings is 2. The van der Waals surface area contributed by atoms with E-state index in [-0.39, 0.29) is 0 Å². The van der Waals surface area contributed by atoms with E-state index >= 15 is 0 Å². The molecule has 1 heterocycles. The summed E-state index contributed by atoms with van der Waals surface area (Å²) in [6.45, 7) is 8.93. The van der Waals surface area contributed by atoms with Crippen molar-refractivity contribution in [2.24, 2.45) is 0 Å². The summed E-state index contributed by atoms with van der Waals surface area (Å²) in [6.07, 6.45) is 12.5. The molecule has 1 aliphatic rings. The Labute approximate surface area is 201 Å². The van der Waals surface area contributed by atoms with Crippen LogP contribution in [0.25, 0.3) is 16.9 Å². The van der Waals surface area contributed by atoms with Crippen LogP contribution in [0.5, 0.6) is 0 Å². The van der Waals surface area contributed by atoms with Gasteiger partial charge < -0.3 is 5.53 Å². The minimum Gasteiger partial charge on any atom is -0.493 e. The molecule has 2 aromatic carbocycles. The Hall–Kier alpha value is -2.48. The Bertz CT molecular complexity index is 975. The summed E-state index contributed by atoms with van der Waals surface area (Å²) in [4.78, 5) is 0. The molecular formula is C31H42N2. The summed E-state index contributed by atoms with van der Waals surface area (Å²) in [5, 5.41) is 0. The smallest absolute Gasteiger partial charge is 0.211 e. The second kappa shape index (κ2) is 12.7. The van der Waals surface area contributed by atoms with Crippen LogP contribution < -0.4 is 0 Å². The van der Waals surface area contributed by atoms with Gasteiger partial charge in [0.05, 0.1) is 0 Å². The minimum absolute atomic E-state index is 0.985. The van der Waals surface area contributed by atoms with Crippen molar-refractivity contribution >= 4 is 11.4 Å². The molecule has 0 aliphatic carbocycles. The number of allylic oxidation sites excluding steroid dienone is 2. The zero-order valence-corrected chi connectivity index (χ0v) is 21.3. The summed E-state index contributed by atoms with van der Waals surface area (Å²) in [7, 11) is 0. The van der Waals surface area contributed by atoms with Crippen molar-refractivity contribution in [1.82, 2.24) is 0 Å². The summed E-state index contributed by atoms with van der Waals surface area (Å²) in [5.74, 6) is 0. The molecule has 2 heteroatoms. The van der Waals surface area contributed by atoms with Gasteiger partial charge in [-0.2, -0.15) is 0 Å². The molecule has 1 aliphatic heterocycles. The summed E-state index contributed by atoms with van der Waals surface area (Å²) < 4.78 is 1.50. The molecule has 33 heavy (non-hydrogen) atoms. The van der Waals surface area contributed by atoms with Crippen LogP contribution in [0.3, 0.4) is 0 Å². The number of hydrogen-bond donors (Lipinski definition) is 0. The van der Waals surface area contributed by atoms with Crippen LogP contribution in [0.2, 0.25) is 0 Å². The monoisotopic (exact) mass is 442 g/mol. The van der Waals surface area contributed by atoms with Crippen molar-refractivity contribution in [3.05, 3.63) is 87.5 Å². The lowest BCUT2D eigenvalue weighted by Gasteiger charge is -2.10. The molecule has 0 N–H and O–H groups in total. The van der Waals surface area contributed by atoms with E-state index in [1.165, 1.54) is 46.2 Å². The van der Waals surface area contributed by atoms with Crippen molar-refractivity contribution in [1.29, 1.82) is 0 Å². The SMILES string of the molecule is CCCCCc1ccc(C2=C(CCCC)C(CCCC)=C(c3ccc(CC)cc3)[N+]2=[N-])cc1. The first-order chi connectivity index (χ1) is 16.1. The lowest BCUT2D eigenvalue weighted by atomic mass is 9.92. The van der Waals surface area contributed by atoms with Crippen LogP contribution in [0.15, 0.2) is 59.7 Å². The first kappa shape index (κ1) is 25.1. The summed E-state index contributed by atoms with van der Waals surface area (Å²) in [6, 6.07) is 17.7. The average molecular weight is 443 g/mol. The molecule has 0 radical (unpaired) electrons. The highest BCUT2D eigenvalue weighted by atomic mass is 15.2. The van der Waals surface area contributed by atoms with Crippen molar-refractivity contribution < 1.29 is 4.70 Å². The highest BCUT2D eigenvalue weighted by molar-refractivity contribution is 5.82. The molecule has 0 spiro atoms. The third kappa shape index (κ3) is 6.10. The maximum atomic E-state index is 11.6. The molecule has 0 bridgehead atoms. The molecule has 0 amide bonds. The molecule has 0 aromatic heterocycles. The van der Waals surface area contributed by atoms with Gasteiger partial charge in [-0.25, -0.2) is 4.70 Å². The fourth-order valence-electron chi connectivity index (χ4n) is 4.80. The fourth-order valence-corrected chi connectivity index (χ4v) is 4.80. The quantitative estimate of drug-likeness (QED) is 0.218. The Morgan fingerprint density at radius 3 is 1.42 bits per heavy atom. The number of rotatable bonds is 13. The van der Waals surface area contributed by atoms with Crippen molar-refractivity contribution in [3.63, 3.8) is 0 Å². The second-order valence-corrected chi connectivity index (χ2v) is 9.38. The van der Waals surface area contributed by atoms with Gasteiger partial charge in [0.1, 0.15) is 0 Å². The molecule has 3 rings (SSSR count). The Kier molecular flexibility index (Phi) is 9.66. The van der Waals surface area contributed by atoms with E-state index in [0.29, 0.717) is 0 Å². The fraction of sp³-hybridized carbons (Fsp3) is 0.484. The van der Waals surface area contributed by atoms with E-state index in [4.69, 9.17) is 0 Å². The average Bonchev–Trinajstić information content (AvgIpc) is 3.12. The molecule has 0 atom stereocenters. The molecule has 0 saturated heterocycles. The number of hydrogen-bond acceptors (Lipinski definition) is 0. The van der Waals surface area contributed by atoms with Gasteiger partial charge in [0.25, 0.3) is 0 Å². The molecule has 2 aromatic rings. The maximum Gasteiger partial charge on any atom is 0.211 e. The van der Waals surface area contributed by atoms with Gasteiger partial charge in [-0.05, 0) is 80.3 Å². The topological polar surface area (TPSA) is 25.3 Å². The van der Waals surface area contributed by atoms with E-state index in [9.17, 15) is 5.53 Å². The third-order valence-corrected chi connectivity index (χ3v) is 6.85. The van der Waals surface area contributed by atoms with Crippen molar-refractivity contribution in [3.8, 4) is 0 Å². The van der Waals surface area contributed by atoms with E-state index in [1.54, 1.807) is 0 Å². The standard InChI is InChI=1S/C31H42N2/c1-5-9-12-13-25-18-22-27(23-19-25)31-29(15-11-7-3)28(14-10-6-2)30(33(31)32)26-20-16-24(8-4)17-21-26/h16-23H,5-15H2,1-4H3. The predicted molar refractivity (Wildman–Crippen MR) is 142 cm³/mol. The Morgan fingerprint density at radius 1 is 0.545 bits per heavy atom. The molecule has 2 nitrogen and oxygen atoms in total.